The number of phenols is 1. The normalized spacial score (nSPS) is 16.0. The maximum absolute atomic E-state index is 9.99. The summed E-state index contributed by atoms with van der Waals surface area (Å²) in [6.07, 6.45) is 3.95. The van der Waals surface area contributed by atoms with Gasteiger partial charge in [0.15, 0.2) is 11.5 Å². The van der Waals surface area contributed by atoms with Gasteiger partial charge in [0.25, 0.3) is 0 Å². The van der Waals surface area contributed by atoms with E-state index in [4.69, 9.17) is 4.74 Å². The van der Waals surface area contributed by atoms with Crippen LogP contribution in [0.15, 0.2) is 30.9 Å². The molecule has 1 saturated heterocycles. The van der Waals surface area contributed by atoms with Crippen LogP contribution >= 0.6 is 24.8 Å². The molecule has 2 N–H and O–H groups in total. The molecule has 0 aromatic heterocycles. The fraction of sp³-hybridized carbons (Fsp3) is 0.500. The molecule has 1 fully saturated rings. The first-order chi connectivity index (χ1) is 9.76. The molecule has 0 bridgehead atoms. The number of nitrogens with zero attached hydrogens (tertiary/aromatic N) is 1. The Morgan fingerprint density at radius 3 is 2.59 bits per heavy atom. The van der Waals surface area contributed by atoms with Crippen molar-refractivity contribution >= 4 is 24.8 Å². The first-order valence-corrected chi connectivity index (χ1v) is 7.19. The first kappa shape index (κ1) is 21.1. The van der Waals surface area contributed by atoms with Crippen molar-refractivity contribution in [3.05, 3.63) is 36.4 Å². The molecular weight excluding hydrogens is 323 g/mol. The van der Waals surface area contributed by atoms with Gasteiger partial charge >= 0.3 is 0 Å². The van der Waals surface area contributed by atoms with Crippen molar-refractivity contribution in [3.8, 4) is 11.5 Å². The molecule has 2 rings (SSSR count). The van der Waals surface area contributed by atoms with E-state index in [0.717, 1.165) is 44.6 Å². The molecule has 0 amide bonds. The molecule has 0 spiro atoms. The minimum Gasteiger partial charge on any atom is -0.504 e. The second-order valence-electron chi connectivity index (χ2n) is 5.10. The molecule has 6 heteroatoms. The fourth-order valence-corrected chi connectivity index (χ4v) is 2.74. The minimum atomic E-state index is 0. The quantitative estimate of drug-likeness (QED) is 0.775. The van der Waals surface area contributed by atoms with Crippen LogP contribution in [0.1, 0.15) is 24.4 Å². The van der Waals surface area contributed by atoms with Crippen LogP contribution in [0, 0.1) is 0 Å². The zero-order valence-corrected chi connectivity index (χ0v) is 14.6. The van der Waals surface area contributed by atoms with E-state index in [1.165, 1.54) is 0 Å². The summed E-state index contributed by atoms with van der Waals surface area (Å²) in [5.41, 5.74) is 1.15. The second-order valence-corrected chi connectivity index (χ2v) is 5.10. The number of hydrogen-bond acceptors (Lipinski definition) is 4. The first-order valence-electron chi connectivity index (χ1n) is 7.19. The zero-order chi connectivity index (χ0) is 14.4. The number of halogens is 2. The maximum Gasteiger partial charge on any atom is 0.160 e. The van der Waals surface area contributed by atoms with E-state index in [-0.39, 0.29) is 30.6 Å². The molecule has 1 aromatic carbocycles. The summed E-state index contributed by atoms with van der Waals surface area (Å²) in [6.45, 7) is 7.93. The molecule has 1 aliphatic rings. The standard InChI is InChI=1S/C16H24N2O2.2ClH/c1-3-4-5-14(18-10-8-17-9-11-18)13-6-7-16(20-2)15(19)12-13;;/h3,6-7,12,14,17,19H,1,4-5,8-11H2,2H3;2*1H/t14-;;/m1../s1. The van der Waals surface area contributed by atoms with Crippen LogP contribution < -0.4 is 10.1 Å². The van der Waals surface area contributed by atoms with E-state index in [1.807, 2.05) is 24.3 Å². The monoisotopic (exact) mass is 348 g/mol. The van der Waals surface area contributed by atoms with E-state index >= 15 is 0 Å². The van der Waals surface area contributed by atoms with Gasteiger partial charge in [0.05, 0.1) is 7.11 Å². The smallest absolute Gasteiger partial charge is 0.160 e. The Labute approximate surface area is 145 Å². The molecular formula is C16H26Cl2N2O2. The van der Waals surface area contributed by atoms with Crippen molar-refractivity contribution in [2.75, 3.05) is 33.3 Å². The van der Waals surface area contributed by atoms with Gasteiger partial charge in [-0.2, -0.15) is 0 Å². The van der Waals surface area contributed by atoms with Gasteiger partial charge in [-0.1, -0.05) is 12.1 Å². The lowest BCUT2D eigenvalue weighted by molar-refractivity contribution is 0.166. The van der Waals surface area contributed by atoms with Crippen LogP contribution in [0.4, 0.5) is 0 Å². The molecule has 0 unspecified atom stereocenters. The third-order valence-electron chi connectivity index (χ3n) is 3.82. The Morgan fingerprint density at radius 2 is 2.05 bits per heavy atom. The van der Waals surface area contributed by atoms with E-state index < -0.39 is 0 Å². The molecule has 0 saturated carbocycles. The molecule has 1 heterocycles. The number of methoxy groups -OCH3 is 1. The average molecular weight is 349 g/mol. The summed E-state index contributed by atoms with van der Waals surface area (Å²) >= 11 is 0. The van der Waals surface area contributed by atoms with Gasteiger partial charge in [-0.25, -0.2) is 0 Å². The SMILES string of the molecule is C=CCC[C@H](c1ccc(OC)c(O)c1)N1CCNCC1.Cl.Cl. The van der Waals surface area contributed by atoms with Crippen molar-refractivity contribution in [1.82, 2.24) is 10.2 Å². The fourth-order valence-electron chi connectivity index (χ4n) is 2.74. The number of benzene rings is 1. The number of phenolic OH excluding ortho intramolecular Hbond substituents is 1. The summed E-state index contributed by atoms with van der Waals surface area (Å²) in [5.74, 6) is 0.736. The molecule has 0 radical (unpaired) electrons. The van der Waals surface area contributed by atoms with Crippen molar-refractivity contribution in [1.29, 1.82) is 0 Å². The Balaban J connectivity index is 0.00000220. The van der Waals surface area contributed by atoms with Crippen LogP contribution in [-0.4, -0.2) is 43.3 Å². The Bertz CT molecular complexity index is 452. The maximum atomic E-state index is 9.99. The Hall–Kier alpha value is -0.940. The van der Waals surface area contributed by atoms with Crippen LogP contribution in [-0.2, 0) is 0 Å². The molecule has 4 nitrogen and oxygen atoms in total. The van der Waals surface area contributed by atoms with Gasteiger partial charge in [-0.05, 0) is 30.5 Å². The highest BCUT2D eigenvalue weighted by molar-refractivity contribution is 5.85. The molecule has 1 atom stereocenters. The van der Waals surface area contributed by atoms with E-state index in [2.05, 4.69) is 16.8 Å². The van der Waals surface area contributed by atoms with Crippen LogP contribution in [0.25, 0.3) is 0 Å². The number of allylic oxidation sites excluding steroid dienone is 1. The van der Waals surface area contributed by atoms with Gasteiger partial charge in [0.2, 0.25) is 0 Å². The minimum absolute atomic E-state index is 0. The van der Waals surface area contributed by atoms with E-state index in [1.54, 1.807) is 7.11 Å². The van der Waals surface area contributed by atoms with E-state index in [0.29, 0.717) is 11.8 Å². The van der Waals surface area contributed by atoms with Crippen molar-refractivity contribution in [2.24, 2.45) is 0 Å². The topological polar surface area (TPSA) is 44.7 Å². The van der Waals surface area contributed by atoms with Gasteiger partial charge in [-0.15, -0.1) is 31.4 Å². The van der Waals surface area contributed by atoms with Crippen LogP contribution in [0.3, 0.4) is 0 Å². The van der Waals surface area contributed by atoms with Crippen molar-refractivity contribution < 1.29 is 9.84 Å². The average Bonchev–Trinajstić information content (AvgIpc) is 2.49. The van der Waals surface area contributed by atoms with Crippen LogP contribution in [0.5, 0.6) is 11.5 Å². The highest BCUT2D eigenvalue weighted by Crippen LogP contribution is 2.33. The molecule has 0 aliphatic carbocycles. The molecule has 1 aromatic rings. The summed E-state index contributed by atoms with van der Waals surface area (Å²) < 4.78 is 5.12. The predicted molar refractivity (Wildman–Crippen MR) is 95.8 cm³/mol. The Morgan fingerprint density at radius 1 is 1.36 bits per heavy atom. The lowest BCUT2D eigenvalue weighted by atomic mass is 9.99. The largest absolute Gasteiger partial charge is 0.504 e. The molecule has 1 aliphatic heterocycles. The van der Waals surface area contributed by atoms with Gasteiger partial charge in [0, 0.05) is 32.2 Å². The lowest BCUT2D eigenvalue weighted by Gasteiger charge is -2.35. The van der Waals surface area contributed by atoms with E-state index in [9.17, 15) is 5.11 Å². The third-order valence-corrected chi connectivity index (χ3v) is 3.82. The lowest BCUT2D eigenvalue weighted by Crippen LogP contribution is -2.45. The zero-order valence-electron chi connectivity index (χ0n) is 13.0. The predicted octanol–water partition coefficient (Wildman–Crippen LogP) is 3.16. The van der Waals surface area contributed by atoms with Gasteiger partial charge in [0.1, 0.15) is 0 Å². The van der Waals surface area contributed by atoms with Crippen LogP contribution in [0.2, 0.25) is 0 Å². The van der Waals surface area contributed by atoms with Gasteiger partial charge in [-0.3, -0.25) is 4.90 Å². The number of hydrogen-bond donors (Lipinski definition) is 2. The summed E-state index contributed by atoms with van der Waals surface area (Å²) in [7, 11) is 1.57. The van der Waals surface area contributed by atoms with Crippen molar-refractivity contribution in [2.45, 2.75) is 18.9 Å². The van der Waals surface area contributed by atoms with Crippen molar-refractivity contribution in [3.63, 3.8) is 0 Å². The number of piperazine rings is 1. The summed E-state index contributed by atoms with van der Waals surface area (Å²) in [4.78, 5) is 2.47. The highest BCUT2D eigenvalue weighted by Gasteiger charge is 2.22. The third kappa shape index (κ3) is 5.36. The number of nitrogens with one attached hydrogen (secondary N) is 1. The second kappa shape index (κ2) is 10.7. The highest BCUT2D eigenvalue weighted by atomic mass is 35.5. The number of rotatable bonds is 6. The Kier molecular flexibility index (Phi) is 10.3. The number of ether oxygens (including phenoxy) is 1. The molecule has 22 heavy (non-hydrogen) atoms. The molecule has 126 valence electrons. The van der Waals surface area contributed by atoms with Gasteiger partial charge < -0.3 is 15.2 Å². The summed E-state index contributed by atoms with van der Waals surface area (Å²) in [6, 6.07) is 6.04. The summed E-state index contributed by atoms with van der Waals surface area (Å²) in [5, 5.41) is 13.4. The number of aromatic hydroxyl groups is 1.